The standard InChI is InChI=1S/C31H40N2.C30H38N2.C26H26N2.C25H30N2.C21H24N2/c1-22-14-10-12-20-28(22)32-23(2)30-31(25-15-6-4-7-16-25,26-17-8-5-9-18-26)27-19-11-13-21-29(27)33(30)24(32)3;1-21-13-7-11-19-27(21)31-22(2)29-30(25-16-8-9-17-25,24-14-5-4-6-15-24)26-18-10-12-20-28(26)32(29)23(31)3;1-18-12-8-10-16-23(18)27-19(2)25-26(4,21-13-6-5-7-14-21)22-15-9-11-17-24(22)28(25)20(27)3;1-17-11-7-9-15-22(17)26-18(2)25-24(20-12-5-4-6-13-20)21-14-8-10-16-23(21)27(25)19(26)3;1-14-10-6-8-12-18(14)22-15(2)20-21(4,5)17-11-7-9-13-19(17)23(20)16(22)3/h10-14,19-21,24-26H,4-9,15-18H2,1-3H3;7,10-13,18-20,23-25H,4-6,8-9,14-17H2,1-3H3;5-17,20H,1-4H3;7-11,14-16,19-20,24H,4-6,12-13H2,1-3H3;6-13,16H,1-5H3/i3*3D3;3D3,24D;3D3. The molecule has 0 amide bonds. The molecule has 10 heteroatoms. The molecule has 11 aromatic carbocycles. The van der Waals surface area contributed by atoms with Gasteiger partial charge in [0.2, 0.25) is 0 Å². The van der Waals surface area contributed by atoms with Crippen molar-refractivity contribution >= 4 is 56.9 Å². The SMILES string of the molecule is [2H]C([2H])([2H])C1N(c2ccccc2C)C(C)=C2N1c1ccccc1C2(C)C.[2H]C([2H])([2H])C1N(c2ccccc2C)C(C)=C2N1c1ccccc1C2(C)c1ccccc1.[2H]C([2H])([2H])C1N(c2ccccc2C)C(C)=C2N1c1ccccc1C2(C1CCCCC1)C1CCCC1.[2H]C([2H])([2H])C1N(c2ccccc2C)C(C)=C2N1c1ccccc1C2(C1CCCCC1)C1CCCCC1.[2H]C([2H])([2H])C1N(c2ccccc2C)C(C)=C2N1c1ccccc1C2([2H])C1CCCCC1. The van der Waals surface area contributed by atoms with Crippen molar-refractivity contribution in [3.63, 3.8) is 0 Å². The van der Waals surface area contributed by atoms with E-state index in [1.165, 1.54) is 157 Å². The van der Waals surface area contributed by atoms with E-state index in [9.17, 15) is 1.37 Å². The molecule has 15 aliphatic rings. The summed E-state index contributed by atoms with van der Waals surface area (Å²) in [6, 6.07) is 93.1. The summed E-state index contributed by atoms with van der Waals surface area (Å²) in [5.74, 6) is 1.58. The predicted octanol–water partition coefficient (Wildman–Crippen LogP) is 34.2. The maximum absolute atomic E-state index is 9.91. The van der Waals surface area contributed by atoms with Crippen molar-refractivity contribution in [2.75, 3.05) is 49.0 Å². The van der Waals surface area contributed by atoms with E-state index in [4.69, 9.17) is 20.6 Å². The Labute approximate surface area is 880 Å². The molecule has 5 saturated carbocycles. The number of fused-ring (bicyclic) bond motifs is 15. The number of para-hydroxylation sites is 10. The smallest absolute Gasteiger partial charge is 0.108 e. The lowest BCUT2D eigenvalue weighted by Gasteiger charge is -2.48. The number of rotatable bonds is 11. The van der Waals surface area contributed by atoms with Crippen LogP contribution < -0.4 is 49.0 Å². The molecule has 143 heavy (non-hydrogen) atoms. The van der Waals surface area contributed by atoms with Crippen LogP contribution in [0, 0.1) is 64.2 Å². The van der Waals surface area contributed by atoms with Gasteiger partial charge in [-0.25, -0.2) is 0 Å². The van der Waals surface area contributed by atoms with Gasteiger partial charge >= 0.3 is 0 Å². The number of allylic oxidation sites excluding steroid dienone is 10. The molecule has 0 bridgehead atoms. The first-order valence-corrected chi connectivity index (χ1v) is 54.2. The van der Waals surface area contributed by atoms with E-state index in [0.717, 1.165) is 173 Å². The van der Waals surface area contributed by atoms with Crippen LogP contribution >= 0.6 is 0 Å². The van der Waals surface area contributed by atoms with Gasteiger partial charge in [-0.15, -0.1) is 0 Å². The third-order valence-corrected chi connectivity index (χ3v) is 36.5. The van der Waals surface area contributed by atoms with Crippen LogP contribution in [0.3, 0.4) is 0 Å². The molecule has 11 aromatic rings. The van der Waals surface area contributed by atoms with Crippen molar-refractivity contribution in [3.05, 3.63) is 391 Å². The van der Waals surface area contributed by atoms with Crippen molar-refractivity contribution in [3.8, 4) is 0 Å². The van der Waals surface area contributed by atoms with E-state index < -0.39 is 76.4 Å². The molecule has 10 heterocycles. The van der Waals surface area contributed by atoms with Gasteiger partial charge in [-0.2, -0.15) is 0 Å². The van der Waals surface area contributed by atoms with Gasteiger partial charge in [0.1, 0.15) is 30.8 Å². The largest absolute Gasteiger partial charge is 0.322 e. The molecule has 0 spiro atoms. The van der Waals surface area contributed by atoms with Gasteiger partial charge in [0.15, 0.2) is 0 Å². The molecular weight excluding hydrogens is 1740 g/mol. The van der Waals surface area contributed by atoms with Gasteiger partial charge in [-0.1, -0.05) is 316 Å². The zero-order valence-electron chi connectivity index (χ0n) is 103. The number of anilines is 10. The van der Waals surface area contributed by atoms with Crippen LogP contribution in [0.25, 0.3) is 0 Å². The molecule has 0 N–H and O–H groups in total. The van der Waals surface area contributed by atoms with Crippen molar-refractivity contribution < 1.29 is 21.9 Å². The van der Waals surface area contributed by atoms with Crippen LogP contribution in [0.15, 0.2) is 330 Å². The van der Waals surface area contributed by atoms with Gasteiger partial charge < -0.3 is 49.0 Å². The lowest BCUT2D eigenvalue weighted by molar-refractivity contribution is 0.134. The Bertz CT molecular complexity index is 7430. The molecule has 0 aromatic heterocycles. The fourth-order valence-electron chi connectivity index (χ4n) is 30.4. The predicted molar refractivity (Wildman–Crippen MR) is 604 cm³/mol. The quantitative estimate of drug-likeness (QED) is 0.125. The lowest BCUT2D eigenvalue weighted by atomic mass is 9.55. The molecular formula is C133H158N10. The maximum Gasteiger partial charge on any atom is 0.108 e. The molecule has 0 radical (unpaired) electrons. The second-order valence-corrected chi connectivity index (χ2v) is 44.3. The summed E-state index contributed by atoms with van der Waals surface area (Å²) in [6.07, 6.45) is 26.0. The molecule has 740 valence electrons. The van der Waals surface area contributed by atoms with Crippen molar-refractivity contribution in [1.82, 2.24) is 0 Å². The second kappa shape index (κ2) is 38.6. The van der Waals surface area contributed by atoms with Crippen LogP contribution in [-0.4, -0.2) is 30.8 Å². The Kier molecular flexibility index (Phi) is 21.2. The minimum Gasteiger partial charge on any atom is -0.322 e. The van der Waals surface area contributed by atoms with E-state index in [-0.39, 0.29) is 22.2 Å². The van der Waals surface area contributed by atoms with E-state index in [1.807, 2.05) is 217 Å². The first-order chi connectivity index (χ1) is 75.9. The molecule has 8 unspecified atom stereocenters. The molecule has 8 atom stereocenters. The summed E-state index contributed by atoms with van der Waals surface area (Å²) in [7, 11) is 0. The Morgan fingerprint density at radius 1 is 0.231 bits per heavy atom. The zero-order valence-corrected chi connectivity index (χ0v) is 86.7. The van der Waals surface area contributed by atoms with Crippen LogP contribution in [-0.2, 0) is 21.7 Å². The minimum absolute atomic E-state index is 0.0848. The minimum atomic E-state index is -2.24. The van der Waals surface area contributed by atoms with Crippen LogP contribution in [0.4, 0.5) is 56.9 Å². The highest BCUT2D eigenvalue weighted by Gasteiger charge is 2.64. The second-order valence-electron chi connectivity index (χ2n) is 44.3. The monoisotopic (exact) mass is 1910 g/mol. The summed E-state index contributed by atoms with van der Waals surface area (Å²) in [4.78, 5) is 21.0. The third kappa shape index (κ3) is 15.2. The number of benzene rings is 11. The maximum atomic E-state index is 9.91. The van der Waals surface area contributed by atoms with Gasteiger partial charge in [0, 0.05) is 141 Å². The summed E-state index contributed by atoms with van der Waals surface area (Å²) in [5.41, 5.74) is 32.7. The van der Waals surface area contributed by atoms with Crippen molar-refractivity contribution in [2.45, 2.75) is 337 Å². The first kappa shape index (κ1) is 78.5. The average molecular weight is 1910 g/mol. The molecule has 10 nitrogen and oxygen atoms in total. The Morgan fingerprint density at radius 3 is 0.860 bits per heavy atom. The topological polar surface area (TPSA) is 32.4 Å². The number of aryl methyl sites for hydroxylation is 5. The normalized spacial score (nSPS) is 27.7. The summed E-state index contributed by atoms with van der Waals surface area (Å²) < 4.78 is 139. The number of hydrogen-bond donors (Lipinski definition) is 0. The number of hydrogen-bond acceptors (Lipinski definition) is 10. The molecule has 5 fully saturated rings. The van der Waals surface area contributed by atoms with E-state index in [1.54, 1.807) is 0 Å². The van der Waals surface area contributed by atoms with E-state index in [0.29, 0.717) is 23.7 Å². The number of nitrogens with zero attached hydrogens (tertiary/aromatic N) is 10. The zero-order chi connectivity index (χ0) is 112. The van der Waals surface area contributed by atoms with Gasteiger partial charge in [0.25, 0.3) is 0 Å². The van der Waals surface area contributed by atoms with Gasteiger partial charge in [-0.05, 0) is 326 Å². The Hall–Kier alpha value is -11.9. The highest BCUT2D eigenvalue weighted by atomic mass is 15.5. The fraction of sp³-hybridized carbons (Fsp3) is 0.429. The van der Waals surface area contributed by atoms with Gasteiger partial charge in [0.05, 0.1) is 22.5 Å². The first-order valence-electron chi connectivity index (χ1n) is 62.2. The molecule has 0 saturated heterocycles. The van der Waals surface area contributed by atoms with Crippen LogP contribution in [0.2, 0.25) is 0 Å². The van der Waals surface area contributed by atoms with Crippen molar-refractivity contribution in [1.29, 1.82) is 0 Å². The third-order valence-electron chi connectivity index (χ3n) is 36.5. The van der Waals surface area contributed by atoms with Gasteiger partial charge in [-0.3, -0.25) is 0 Å². The molecule has 26 rings (SSSR count). The van der Waals surface area contributed by atoms with E-state index >= 15 is 0 Å². The highest BCUT2D eigenvalue weighted by Crippen LogP contribution is 2.69. The summed E-state index contributed by atoms with van der Waals surface area (Å²) in [5, 5.41) is 0. The average Bonchev–Trinajstić information content (AvgIpc) is 1.51. The fourth-order valence-corrected chi connectivity index (χ4v) is 30.4. The van der Waals surface area contributed by atoms with Crippen LogP contribution in [0.1, 0.15) is 333 Å². The Balaban J connectivity index is 0.000000111. The lowest BCUT2D eigenvalue weighted by Crippen LogP contribution is -2.46. The molecule has 5 aliphatic carbocycles. The Morgan fingerprint density at radius 2 is 0.490 bits per heavy atom. The summed E-state index contributed by atoms with van der Waals surface area (Å²) in [6.45, 7) is 16.5. The molecule has 10 aliphatic heterocycles. The highest BCUT2D eigenvalue weighted by molar-refractivity contribution is 5.86. The van der Waals surface area contributed by atoms with Crippen LogP contribution in [0.5, 0.6) is 0 Å². The van der Waals surface area contributed by atoms with Crippen molar-refractivity contribution in [2.24, 2.45) is 29.6 Å². The van der Waals surface area contributed by atoms with E-state index in [2.05, 4.69) is 195 Å². The summed E-state index contributed by atoms with van der Waals surface area (Å²) >= 11 is 0.